The summed E-state index contributed by atoms with van der Waals surface area (Å²) < 4.78 is 0. The predicted octanol–water partition coefficient (Wildman–Crippen LogP) is 2.26. The Balaban J connectivity index is 2.43. The van der Waals surface area contributed by atoms with Crippen molar-refractivity contribution in [2.45, 2.75) is 12.8 Å². The maximum atomic E-state index is 4.31. The van der Waals surface area contributed by atoms with Crippen LogP contribution in [0, 0.1) is 0 Å². The minimum absolute atomic E-state index is 0.832. The lowest BCUT2D eigenvalue weighted by molar-refractivity contribution is 1.23. The third-order valence-electron chi connectivity index (χ3n) is 1.77. The van der Waals surface area contributed by atoms with Gasteiger partial charge in [-0.3, -0.25) is 9.98 Å². The van der Waals surface area contributed by atoms with E-state index in [0.717, 1.165) is 24.2 Å². The third kappa shape index (κ3) is 1.42. The molecule has 0 aromatic heterocycles. The Morgan fingerprint density at radius 2 is 1.83 bits per heavy atom. The number of aliphatic imine (C=N–C) groups is 2. The van der Waals surface area contributed by atoms with Crippen LogP contribution in [0.1, 0.15) is 12.8 Å². The zero-order valence-corrected chi connectivity index (χ0v) is 6.77. The van der Waals surface area contributed by atoms with E-state index in [9.17, 15) is 0 Å². The van der Waals surface area contributed by atoms with Crippen LogP contribution in [0.15, 0.2) is 45.7 Å². The first-order valence-electron chi connectivity index (χ1n) is 4.09. The zero-order valence-electron chi connectivity index (χ0n) is 6.77. The molecule has 0 radical (unpaired) electrons. The predicted molar refractivity (Wildman–Crippen MR) is 51.5 cm³/mol. The Hall–Kier alpha value is -1.44. The smallest absolute Gasteiger partial charge is 0.0878 e. The maximum Gasteiger partial charge on any atom is 0.0878 e. The molecule has 0 amide bonds. The molecule has 2 heteroatoms. The van der Waals surface area contributed by atoms with Crippen LogP contribution in [0.4, 0.5) is 0 Å². The molecule has 60 valence electrons. The molecule has 0 fully saturated rings. The highest BCUT2D eigenvalue weighted by Gasteiger charge is 2.03. The summed E-state index contributed by atoms with van der Waals surface area (Å²) in [6, 6.07) is 0. The van der Waals surface area contributed by atoms with Crippen molar-refractivity contribution < 1.29 is 0 Å². The Kier molecular flexibility index (Phi) is 1.99. The minimum atomic E-state index is 0.832. The normalized spacial score (nSPS) is 20.7. The number of nitrogens with zero attached hydrogens (tertiary/aromatic N) is 2. The van der Waals surface area contributed by atoms with Gasteiger partial charge in [0.15, 0.2) is 0 Å². The van der Waals surface area contributed by atoms with Crippen LogP contribution in [0.5, 0.6) is 0 Å². The summed E-state index contributed by atoms with van der Waals surface area (Å²) in [5.74, 6) is 0. The zero-order chi connectivity index (χ0) is 8.23. The minimum Gasteiger partial charge on any atom is -0.259 e. The molecule has 2 rings (SSSR count). The second-order valence-electron chi connectivity index (χ2n) is 2.66. The fourth-order valence-electron chi connectivity index (χ4n) is 1.18. The molecule has 1 aliphatic carbocycles. The van der Waals surface area contributed by atoms with Crippen LogP contribution in [0.25, 0.3) is 0 Å². The summed E-state index contributed by atoms with van der Waals surface area (Å²) in [7, 11) is 0. The quantitative estimate of drug-likeness (QED) is 0.516. The van der Waals surface area contributed by atoms with Crippen LogP contribution in [0.3, 0.4) is 0 Å². The largest absolute Gasteiger partial charge is 0.259 e. The summed E-state index contributed by atoms with van der Waals surface area (Å²) in [6.07, 6.45) is 13.8. The van der Waals surface area contributed by atoms with Gasteiger partial charge in [-0.25, -0.2) is 0 Å². The molecule has 0 bridgehead atoms. The second-order valence-corrected chi connectivity index (χ2v) is 2.66. The molecule has 2 nitrogen and oxygen atoms in total. The van der Waals surface area contributed by atoms with Crippen molar-refractivity contribution in [2.24, 2.45) is 9.98 Å². The maximum absolute atomic E-state index is 4.31. The van der Waals surface area contributed by atoms with Crippen molar-refractivity contribution in [2.75, 3.05) is 0 Å². The molecule has 0 N–H and O–H groups in total. The number of rotatable bonds is 0. The molecule has 0 saturated heterocycles. The Bertz CT molecular complexity index is 317. The molecule has 0 atom stereocenters. The molecule has 0 aromatic rings. The van der Waals surface area contributed by atoms with Gasteiger partial charge in [0, 0.05) is 18.9 Å². The van der Waals surface area contributed by atoms with Gasteiger partial charge in [0.25, 0.3) is 0 Å². The first-order valence-corrected chi connectivity index (χ1v) is 4.09. The summed E-state index contributed by atoms with van der Waals surface area (Å²) in [5, 5.41) is 0. The lowest BCUT2D eigenvalue weighted by atomic mass is 10.3. The average molecular weight is 158 g/mol. The van der Waals surface area contributed by atoms with Gasteiger partial charge in [0.05, 0.1) is 11.4 Å². The molecule has 0 unspecified atom stereocenters. The average Bonchev–Trinajstić information content (AvgIpc) is 2.38. The summed E-state index contributed by atoms with van der Waals surface area (Å²) >= 11 is 0. The number of hydrogen-bond acceptors (Lipinski definition) is 2. The van der Waals surface area contributed by atoms with Gasteiger partial charge in [-0.05, 0) is 12.5 Å². The molecule has 1 heterocycles. The van der Waals surface area contributed by atoms with Gasteiger partial charge in [-0.1, -0.05) is 18.2 Å². The summed E-state index contributed by atoms with van der Waals surface area (Å²) in [5.41, 5.74) is 1.96. The van der Waals surface area contributed by atoms with Crippen molar-refractivity contribution in [1.29, 1.82) is 0 Å². The van der Waals surface area contributed by atoms with E-state index in [-0.39, 0.29) is 0 Å². The number of hydrogen-bond donors (Lipinski definition) is 0. The third-order valence-corrected chi connectivity index (χ3v) is 1.77. The van der Waals surface area contributed by atoms with Gasteiger partial charge in [0.1, 0.15) is 0 Å². The SMILES string of the molecule is C1=CCC=C2N=CCC=NC2=C1. The van der Waals surface area contributed by atoms with Crippen molar-refractivity contribution in [3.05, 3.63) is 35.7 Å². The Morgan fingerprint density at radius 3 is 2.75 bits per heavy atom. The monoisotopic (exact) mass is 158 g/mol. The van der Waals surface area contributed by atoms with Crippen molar-refractivity contribution in [3.63, 3.8) is 0 Å². The lowest BCUT2D eigenvalue weighted by Crippen LogP contribution is -1.80. The van der Waals surface area contributed by atoms with E-state index in [4.69, 9.17) is 0 Å². The molecular weight excluding hydrogens is 148 g/mol. The summed E-state index contributed by atoms with van der Waals surface area (Å²) in [4.78, 5) is 8.60. The first kappa shape index (κ1) is 7.22. The topological polar surface area (TPSA) is 24.7 Å². The molecule has 0 saturated carbocycles. The molecule has 0 spiro atoms. The van der Waals surface area contributed by atoms with Crippen molar-refractivity contribution >= 4 is 12.4 Å². The van der Waals surface area contributed by atoms with E-state index in [1.165, 1.54) is 0 Å². The van der Waals surface area contributed by atoms with E-state index in [1.54, 1.807) is 0 Å². The van der Waals surface area contributed by atoms with Gasteiger partial charge < -0.3 is 0 Å². The first-order chi connectivity index (χ1) is 5.97. The standard InChI is InChI=1S/C10H10N2/c1-2-5-9-10(6-3-1)12-8-4-7-11-9/h1-2,5-8H,3-4H2. The highest BCUT2D eigenvalue weighted by Crippen LogP contribution is 2.18. The van der Waals surface area contributed by atoms with E-state index >= 15 is 0 Å². The van der Waals surface area contributed by atoms with Crippen molar-refractivity contribution in [1.82, 2.24) is 0 Å². The fourth-order valence-corrected chi connectivity index (χ4v) is 1.18. The van der Waals surface area contributed by atoms with Crippen LogP contribution in [0.2, 0.25) is 0 Å². The van der Waals surface area contributed by atoms with E-state index < -0.39 is 0 Å². The van der Waals surface area contributed by atoms with E-state index in [0.29, 0.717) is 0 Å². The van der Waals surface area contributed by atoms with Gasteiger partial charge in [-0.2, -0.15) is 0 Å². The molecular formula is C10H10N2. The van der Waals surface area contributed by atoms with E-state index in [2.05, 4.69) is 22.1 Å². The molecule has 2 aliphatic rings. The molecule has 1 aliphatic heterocycles. The molecule has 0 aromatic carbocycles. The Labute approximate surface area is 71.7 Å². The highest BCUT2D eigenvalue weighted by atomic mass is 14.9. The number of allylic oxidation sites excluding steroid dienone is 4. The summed E-state index contributed by atoms with van der Waals surface area (Å²) in [6.45, 7) is 0. The van der Waals surface area contributed by atoms with Crippen LogP contribution >= 0.6 is 0 Å². The highest BCUT2D eigenvalue weighted by molar-refractivity contribution is 5.82. The van der Waals surface area contributed by atoms with Crippen LogP contribution < -0.4 is 0 Å². The number of fused-ring (bicyclic) bond motifs is 1. The van der Waals surface area contributed by atoms with Crippen LogP contribution in [-0.2, 0) is 0 Å². The van der Waals surface area contributed by atoms with Gasteiger partial charge >= 0.3 is 0 Å². The fraction of sp³-hybridized carbons (Fsp3) is 0.200. The molecule has 12 heavy (non-hydrogen) atoms. The Morgan fingerprint density at radius 1 is 1.00 bits per heavy atom. The second kappa shape index (κ2) is 3.30. The van der Waals surface area contributed by atoms with E-state index in [1.807, 2.05) is 24.6 Å². The van der Waals surface area contributed by atoms with Crippen molar-refractivity contribution in [3.8, 4) is 0 Å². The van der Waals surface area contributed by atoms with Gasteiger partial charge in [-0.15, -0.1) is 0 Å². The van der Waals surface area contributed by atoms with Crippen LogP contribution in [-0.4, -0.2) is 12.4 Å². The van der Waals surface area contributed by atoms with Gasteiger partial charge in [0.2, 0.25) is 0 Å². The lowest BCUT2D eigenvalue weighted by Gasteiger charge is -1.96.